The summed E-state index contributed by atoms with van der Waals surface area (Å²) in [5.74, 6) is 0.624. The Balaban J connectivity index is 3.30. The van der Waals surface area contributed by atoms with Gasteiger partial charge in [0.05, 0.1) is 12.7 Å². The molecule has 0 aliphatic carbocycles. The van der Waals surface area contributed by atoms with Crippen molar-refractivity contribution in [2.45, 2.75) is 39.2 Å². The quantitative estimate of drug-likeness (QED) is 0.557. The van der Waals surface area contributed by atoms with Crippen LogP contribution in [0.4, 0.5) is 0 Å². The predicted molar refractivity (Wildman–Crippen MR) is 59.4 cm³/mol. The molecule has 0 fully saturated rings. The molecule has 0 aromatic rings. The Morgan fingerprint density at radius 3 is 2.71 bits per heavy atom. The summed E-state index contributed by atoms with van der Waals surface area (Å²) in [5, 5.41) is 12.8. The van der Waals surface area contributed by atoms with E-state index in [-0.39, 0.29) is 6.10 Å². The maximum atomic E-state index is 9.64. The van der Waals surface area contributed by atoms with Crippen molar-refractivity contribution in [2.24, 2.45) is 5.92 Å². The third kappa shape index (κ3) is 8.48. The van der Waals surface area contributed by atoms with E-state index in [0.717, 1.165) is 13.0 Å². The van der Waals surface area contributed by atoms with Crippen LogP contribution < -0.4 is 5.32 Å². The molecule has 0 aromatic heterocycles. The molecule has 3 nitrogen and oxygen atoms in total. The largest absolute Gasteiger partial charge is 0.392 e. The first-order valence-electron chi connectivity index (χ1n) is 5.58. The number of nitrogens with one attached hydrogen (secondary N) is 1. The summed E-state index contributed by atoms with van der Waals surface area (Å²) in [4.78, 5) is 0. The summed E-state index contributed by atoms with van der Waals surface area (Å²) in [5.41, 5.74) is 0. The lowest BCUT2D eigenvalue weighted by atomic mass is 9.99. The van der Waals surface area contributed by atoms with Gasteiger partial charge in [0, 0.05) is 20.2 Å². The molecule has 0 radical (unpaired) electrons. The van der Waals surface area contributed by atoms with E-state index in [0.29, 0.717) is 19.1 Å². The zero-order valence-electron chi connectivity index (χ0n) is 9.75. The SMILES string of the molecule is CCCC(C)CC(O)CNCCOC. The average Bonchev–Trinajstić information content (AvgIpc) is 2.13. The highest BCUT2D eigenvalue weighted by Gasteiger charge is 2.08. The van der Waals surface area contributed by atoms with E-state index in [2.05, 4.69) is 19.2 Å². The monoisotopic (exact) mass is 203 g/mol. The van der Waals surface area contributed by atoms with Crippen molar-refractivity contribution in [1.82, 2.24) is 5.32 Å². The lowest BCUT2D eigenvalue weighted by Crippen LogP contribution is -2.30. The van der Waals surface area contributed by atoms with Crippen LogP contribution in [0.15, 0.2) is 0 Å². The molecule has 3 heteroatoms. The second kappa shape index (κ2) is 9.44. The molecule has 0 saturated carbocycles. The Morgan fingerprint density at radius 2 is 2.14 bits per heavy atom. The maximum Gasteiger partial charge on any atom is 0.0667 e. The Labute approximate surface area is 87.8 Å². The molecule has 0 aromatic carbocycles. The van der Waals surface area contributed by atoms with Gasteiger partial charge in [-0.2, -0.15) is 0 Å². The van der Waals surface area contributed by atoms with Gasteiger partial charge in [-0.15, -0.1) is 0 Å². The highest BCUT2D eigenvalue weighted by atomic mass is 16.5. The Hall–Kier alpha value is -0.120. The van der Waals surface area contributed by atoms with Crippen LogP contribution in [0.3, 0.4) is 0 Å². The summed E-state index contributed by atoms with van der Waals surface area (Å²) in [7, 11) is 1.68. The van der Waals surface area contributed by atoms with E-state index >= 15 is 0 Å². The number of methoxy groups -OCH3 is 1. The Kier molecular flexibility index (Phi) is 9.35. The van der Waals surface area contributed by atoms with E-state index in [1.54, 1.807) is 7.11 Å². The molecule has 0 rings (SSSR count). The molecule has 0 aliphatic heterocycles. The lowest BCUT2D eigenvalue weighted by Gasteiger charge is -2.16. The minimum absolute atomic E-state index is 0.214. The van der Waals surface area contributed by atoms with Crippen molar-refractivity contribution in [2.75, 3.05) is 26.8 Å². The number of rotatable bonds is 9. The van der Waals surface area contributed by atoms with Crippen LogP contribution in [0.5, 0.6) is 0 Å². The summed E-state index contributed by atoms with van der Waals surface area (Å²) in [6, 6.07) is 0. The van der Waals surface area contributed by atoms with Crippen LogP contribution in [0.1, 0.15) is 33.1 Å². The van der Waals surface area contributed by atoms with Gasteiger partial charge >= 0.3 is 0 Å². The molecule has 14 heavy (non-hydrogen) atoms. The van der Waals surface area contributed by atoms with Gasteiger partial charge in [0.1, 0.15) is 0 Å². The van der Waals surface area contributed by atoms with E-state index in [9.17, 15) is 5.11 Å². The molecular weight excluding hydrogens is 178 g/mol. The van der Waals surface area contributed by atoms with Crippen LogP contribution in [-0.2, 0) is 4.74 Å². The number of hydrogen-bond donors (Lipinski definition) is 2. The summed E-state index contributed by atoms with van der Waals surface area (Å²) in [6.45, 7) is 6.58. The molecular formula is C11H25NO2. The lowest BCUT2D eigenvalue weighted by molar-refractivity contribution is 0.135. The van der Waals surface area contributed by atoms with Crippen LogP contribution in [0.25, 0.3) is 0 Å². The zero-order chi connectivity index (χ0) is 10.8. The predicted octanol–water partition coefficient (Wildman–Crippen LogP) is 1.41. The van der Waals surface area contributed by atoms with E-state index in [1.807, 2.05) is 0 Å². The van der Waals surface area contributed by atoms with Crippen LogP contribution >= 0.6 is 0 Å². The van der Waals surface area contributed by atoms with Gasteiger partial charge < -0.3 is 15.2 Å². The second-order valence-electron chi connectivity index (χ2n) is 3.98. The third-order valence-corrected chi connectivity index (χ3v) is 2.32. The van der Waals surface area contributed by atoms with Crippen molar-refractivity contribution >= 4 is 0 Å². The van der Waals surface area contributed by atoms with Crippen molar-refractivity contribution in [3.8, 4) is 0 Å². The standard InChI is InChI=1S/C11H25NO2/c1-4-5-10(2)8-11(13)9-12-6-7-14-3/h10-13H,4-9H2,1-3H3. The number of hydrogen-bond acceptors (Lipinski definition) is 3. The molecule has 0 amide bonds. The fourth-order valence-corrected chi connectivity index (χ4v) is 1.60. The Morgan fingerprint density at radius 1 is 1.43 bits per heavy atom. The van der Waals surface area contributed by atoms with Crippen molar-refractivity contribution in [1.29, 1.82) is 0 Å². The molecule has 0 spiro atoms. The van der Waals surface area contributed by atoms with Crippen molar-refractivity contribution in [3.05, 3.63) is 0 Å². The second-order valence-corrected chi connectivity index (χ2v) is 3.98. The van der Waals surface area contributed by atoms with E-state index in [4.69, 9.17) is 4.74 Å². The highest BCUT2D eigenvalue weighted by Crippen LogP contribution is 2.11. The smallest absolute Gasteiger partial charge is 0.0667 e. The molecule has 2 unspecified atom stereocenters. The molecule has 86 valence electrons. The van der Waals surface area contributed by atoms with Gasteiger partial charge in [0.15, 0.2) is 0 Å². The molecule has 2 atom stereocenters. The third-order valence-electron chi connectivity index (χ3n) is 2.32. The zero-order valence-corrected chi connectivity index (χ0v) is 9.75. The normalized spacial score (nSPS) is 15.4. The highest BCUT2D eigenvalue weighted by molar-refractivity contribution is 4.63. The number of aliphatic hydroxyl groups is 1. The topological polar surface area (TPSA) is 41.5 Å². The van der Waals surface area contributed by atoms with Crippen LogP contribution in [-0.4, -0.2) is 38.0 Å². The minimum Gasteiger partial charge on any atom is -0.392 e. The van der Waals surface area contributed by atoms with Gasteiger partial charge in [-0.3, -0.25) is 0 Å². The van der Waals surface area contributed by atoms with E-state index < -0.39 is 0 Å². The molecule has 0 aliphatic rings. The van der Waals surface area contributed by atoms with Gasteiger partial charge in [0.2, 0.25) is 0 Å². The van der Waals surface area contributed by atoms with Gasteiger partial charge in [-0.05, 0) is 12.3 Å². The van der Waals surface area contributed by atoms with Crippen LogP contribution in [0, 0.1) is 5.92 Å². The fraction of sp³-hybridized carbons (Fsp3) is 1.00. The molecule has 0 saturated heterocycles. The fourth-order valence-electron chi connectivity index (χ4n) is 1.60. The summed E-state index contributed by atoms with van der Waals surface area (Å²) in [6.07, 6.45) is 3.09. The van der Waals surface area contributed by atoms with Gasteiger partial charge in [-0.25, -0.2) is 0 Å². The Bertz CT molecular complexity index is 120. The summed E-state index contributed by atoms with van der Waals surface area (Å²) >= 11 is 0. The van der Waals surface area contributed by atoms with Gasteiger partial charge in [0.25, 0.3) is 0 Å². The number of ether oxygens (including phenoxy) is 1. The number of aliphatic hydroxyl groups excluding tert-OH is 1. The first-order chi connectivity index (χ1) is 6.70. The summed E-state index contributed by atoms with van der Waals surface area (Å²) < 4.78 is 4.90. The van der Waals surface area contributed by atoms with Crippen molar-refractivity contribution in [3.63, 3.8) is 0 Å². The average molecular weight is 203 g/mol. The van der Waals surface area contributed by atoms with Crippen molar-refractivity contribution < 1.29 is 9.84 Å². The first-order valence-corrected chi connectivity index (χ1v) is 5.58. The molecule has 0 bridgehead atoms. The minimum atomic E-state index is -0.214. The molecule has 0 heterocycles. The maximum absolute atomic E-state index is 9.64. The van der Waals surface area contributed by atoms with E-state index in [1.165, 1.54) is 12.8 Å². The first kappa shape index (κ1) is 13.9. The van der Waals surface area contributed by atoms with Crippen LogP contribution in [0.2, 0.25) is 0 Å². The van der Waals surface area contributed by atoms with Gasteiger partial charge in [-0.1, -0.05) is 26.7 Å². The molecule has 2 N–H and O–H groups in total.